The van der Waals surface area contributed by atoms with Crippen LogP contribution in [0.1, 0.15) is 6.92 Å². The molecule has 0 aromatic heterocycles. The van der Waals surface area contributed by atoms with Crippen molar-refractivity contribution < 1.29 is 4.74 Å². The Kier molecular flexibility index (Phi) is 3.41. The van der Waals surface area contributed by atoms with Crippen LogP contribution in [0.2, 0.25) is 0 Å². The molecule has 12 heavy (non-hydrogen) atoms. The minimum Gasteiger partial charge on any atom is -0.475 e. The van der Waals surface area contributed by atoms with Crippen LogP contribution >= 0.6 is 57.4 Å². The highest BCUT2D eigenvalue weighted by molar-refractivity contribution is 14.1. The summed E-state index contributed by atoms with van der Waals surface area (Å²) in [6, 6.07) is 0. The van der Waals surface area contributed by atoms with E-state index in [1.165, 1.54) is 0 Å². The molecule has 0 N–H and O–H groups in total. The second-order valence-electron chi connectivity index (χ2n) is 2.83. The van der Waals surface area contributed by atoms with Crippen LogP contribution in [0.3, 0.4) is 0 Å². The standard InChI is InChI=1S/C6H7Cl3INO/c1-5(2-10)3-12-4(11-5)6(7,8)9/h2-3H2,1H3. The summed E-state index contributed by atoms with van der Waals surface area (Å²) in [5, 5.41) is 0. The fourth-order valence-corrected chi connectivity index (χ4v) is 1.43. The zero-order chi connectivity index (χ0) is 9.41. The molecular formula is C6H7Cl3INO. The lowest BCUT2D eigenvalue weighted by molar-refractivity contribution is 0.280. The van der Waals surface area contributed by atoms with Crippen molar-refractivity contribution in [2.24, 2.45) is 4.99 Å². The minimum atomic E-state index is -1.52. The molecule has 0 amide bonds. The fourth-order valence-electron chi connectivity index (χ4n) is 0.747. The molecule has 1 aliphatic rings. The first kappa shape index (κ1) is 11.1. The van der Waals surface area contributed by atoms with Crippen LogP contribution < -0.4 is 0 Å². The predicted octanol–water partition coefficient (Wildman–Crippen LogP) is 2.98. The van der Waals surface area contributed by atoms with Crippen LogP contribution in [0.25, 0.3) is 0 Å². The summed E-state index contributed by atoms with van der Waals surface area (Å²) >= 11 is 19.0. The summed E-state index contributed by atoms with van der Waals surface area (Å²) in [6.45, 7) is 2.45. The van der Waals surface area contributed by atoms with E-state index in [0.29, 0.717) is 6.61 Å². The highest BCUT2D eigenvalue weighted by Gasteiger charge is 2.39. The van der Waals surface area contributed by atoms with Crippen LogP contribution in [0, 0.1) is 0 Å². The van der Waals surface area contributed by atoms with Crippen LogP contribution in [0.15, 0.2) is 4.99 Å². The fraction of sp³-hybridized carbons (Fsp3) is 0.833. The quantitative estimate of drug-likeness (QED) is 0.530. The van der Waals surface area contributed by atoms with Gasteiger partial charge in [0.25, 0.3) is 3.79 Å². The van der Waals surface area contributed by atoms with E-state index < -0.39 is 3.79 Å². The Hall–Kier alpha value is 1.07. The zero-order valence-electron chi connectivity index (χ0n) is 6.28. The molecule has 0 fully saturated rings. The number of aliphatic imine (C=N–C) groups is 1. The molecule has 1 rings (SSSR count). The van der Waals surface area contributed by atoms with Gasteiger partial charge in [-0.05, 0) is 6.92 Å². The first-order chi connectivity index (χ1) is 5.37. The second kappa shape index (κ2) is 3.67. The maximum absolute atomic E-state index is 5.60. The van der Waals surface area contributed by atoms with Crippen molar-refractivity contribution in [1.82, 2.24) is 0 Å². The number of ether oxygens (including phenoxy) is 1. The van der Waals surface area contributed by atoms with Crippen molar-refractivity contribution in [3.05, 3.63) is 0 Å². The van der Waals surface area contributed by atoms with E-state index in [1.54, 1.807) is 0 Å². The number of rotatable bonds is 1. The van der Waals surface area contributed by atoms with Gasteiger partial charge in [0.15, 0.2) is 0 Å². The molecule has 1 atom stereocenters. The van der Waals surface area contributed by atoms with Gasteiger partial charge in [-0.25, -0.2) is 4.99 Å². The lowest BCUT2D eigenvalue weighted by atomic mass is 10.1. The van der Waals surface area contributed by atoms with Crippen molar-refractivity contribution in [1.29, 1.82) is 0 Å². The van der Waals surface area contributed by atoms with E-state index in [-0.39, 0.29) is 11.4 Å². The molecular weight excluding hydrogens is 335 g/mol. The molecule has 1 heterocycles. The molecule has 6 heteroatoms. The van der Waals surface area contributed by atoms with Crippen molar-refractivity contribution in [3.63, 3.8) is 0 Å². The van der Waals surface area contributed by atoms with Gasteiger partial charge in [-0.2, -0.15) is 0 Å². The Labute approximate surface area is 99.7 Å². The molecule has 2 nitrogen and oxygen atoms in total. The number of alkyl halides is 4. The molecule has 0 aliphatic carbocycles. The second-order valence-corrected chi connectivity index (χ2v) is 5.88. The Balaban J connectivity index is 2.79. The van der Waals surface area contributed by atoms with Gasteiger partial charge in [0.1, 0.15) is 12.1 Å². The first-order valence-corrected chi connectivity index (χ1v) is 5.89. The van der Waals surface area contributed by atoms with Gasteiger partial charge in [-0.15, -0.1) is 0 Å². The van der Waals surface area contributed by atoms with Crippen molar-refractivity contribution in [3.8, 4) is 0 Å². The predicted molar refractivity (Wildman–Crippen MR) is 61.0 cm³/mol. The Bertz CT molecular complexity index is 215. The molecule has 0 spiro atoms. The summed E-state index contributed by atoms with van der Waals surface area (Å²) in [6.07, 6.45) is 0. The highest BCUT2D eigenvalue weighted by atomic mass is 127. The zero-order valence-corrected chi connectivity index (χ0v) is 10.7. The third-order valence-electron chi connectivity index (χ3n) is 1.42. The average molecular weight is 342 g/mol. The summed E-state index contributed by atoms with van der Waals surface area (Å²) < 4.78 is 4.49. The number of hydrogen-bond acceptors (Lipinski definition) is 2. The van der Waals surface area contributed by atoms with Gasteiger partial charge >= 0.3 is 0 Å². The van der Waals surface area contributed by atoms with Crippen molar-refractivity contribution in [2.75, 3.05) is 11.0 Å². The Morgan fingerprint density at radius 1 is 1.67 bits per heavy atom. The van der Waals surface area contributed by atoms with Gasteiger partial charge in [0.2, 0.25) is 5.90 Å². The first-order valence-electron chi connectivity index (χ1n) is 3.23. The van der Waals surface area contributed by atoms with Crippen LogP contribution in [-0.2, 0) is 4.74 Å². The Morgan fingerprint density at radius 3 is 2.50 bits per heavy atom. The lowest BCUT2D eigenvalue weighted by Gasteiger charge is -2.12. The van der Waals surface area contributed by atoms with Gasteiger partial charge in [-0.1, -0.05) is 57.4 Å². The van der Waals surface area contributed by atoms with E-state index in [2.05, 4.69) is 27.6 Å². The topological polar surface area (TPSA) is 21.6 Å². The highest BCUT2D eigenvalue weighted by Crippen LogP contribution is 2.34. The van der Waals surface area contributed by atoms with Gasteiger partial charge in [0, 0.05) is 4.43 Å². The van der Waals surface area contributed by atoms with E-state index >= 15 is 0 Å². The summed E-state index contributed by atoms with van der Waals surface area (Å²) in [5.74, 6) is 0.201. The van der Waals surface area contributed by atoms with Crippen LogP contribution in [0.4, 0.5) is 0 Å². The smallest absolute Gasteiger partial charge is 0.266 e. The molecule has 1 aliphatic heterocycles. The van der Waals surface area contributed by atoms with E-state index in [9.17, 15) is 0 Å². The maximum Gasteiger partial charge on any atom is 0.266 e. The van der Waals surface area contributed by atoms with Gasteiger partial charge in [-0.3, -0.25) is 0 Å². The molecule has 0 bridgehead atoms. The average Bonchev–Trinajstić information content (AvgIpc) is 2.32. The van der Waals surface area contributed by atoms with Crippen LogP contribution in [0.5, 0.6) is 0 Å². The van der Waals surface area contributed by atoms with E-state index in [4.69, 9.17) is 39.5 Å². The Morgan fingerprint density at radius 2 is 2.25 bits per heavy atom. The van der Waals surface area contributed by atoms with Gasteiger partial charge < -0.3 is 4.74 Å². The number of hydrogen-bond donors (Lipinski definition) is 0. The molecule has 0 radical (unpaired) electrons. The van der Waals surface area contributed by atoms with Crippen molar-refractivity contribution >= 4 is 63.3 Å². The lowest BCUT2D eigenvalue weighted by Crippen LogP contribution is -2.25. The molecule has 0 saturated carbocycles. The molecule has 0 aromatic rings. The van der Waals surface area contributed by atoms with Gasteiger partial charge in [0.05, 0.1) is 0 Å². The van der Waals surface area contributed by atoms with Crippen molar-refractivity contribution in [2.45, 2.75) is 16.3 Å². The summed E-state index contributed by atoms with van der Waals surface area (Å²) in [5.41, 5.74) is -0.236. The normalized spacial score (nSPS) is 29.9. The molecule has 1 unspecified atom stereocenters. The maximum atomic E-state index is 5.60. The van der Waals surface area contributed by atoms with Crippen LogP contribution in [-0.4, -0.2) is 26.3 Å². The number of nitrogens with zero attached hydrogens (tertiary/aromatic N) is 1. The summed E-state index contributed by atoms with van der Waals surface area (Å²) in [4.78, 5) is 4.20. The molecule has 0 aromatic carbocycles. The molecule has 70 valence electrons. The third-order valence-corrected chi connectivity index (χ3v) is 3.55. The van der Waals surface area contributed by atoms with E-state index in [0.717, 1.165) is 4.43 Å². The SMILES string of the molecule is CC1(CI)COC(C(Cl)(Cl)Cl)=N1. The minimum absolute atomic E-state index is 0.201. The summed E-state index contributed by atoms with van der Waals surface area (Å²) in [7, 11) is 0. The van der Waals surface area contributed by atoms with E-state index in [1.807, 2.05) is 6.92 Å². The third kappa shape index (κ3) is 2.53. The number of halogens is 4. The monoisotopic (exact) mass is 341 g/mol. The largest absolute Gasteiger partial charge is 0.475 e. The molecule has 0 saturated heterocycles.